The number of pyridine rings is 1. The Hall–Kier alpha value is -2.35. The normalized spacial score (nSPS) is 10.2. The maximum atomic E-state index is 11.2. The number of aromatic nitrogens is 1. The molecule has 0 spiro atoms. The first-order valence-corrected chi connectivity index (χ1v) is 6.49. The van der Waals surface area contributed by atoms with Gasteiger partial charge in [-0.25, -0.2) is 9.78 Å². The standard InChI is InChI=1S/C12H10N2O5S/c1-18-12(15)10-4-3-9(19-10)7-20-11-5-2-8(6-13-11)14(16)17/h2-6H,7H2,1H3. The highest BCUT2D eigenvalue weighted by Gasteiger charge is 2.11. The Labute approximate surface area is 118 Å². The number of nitro groups is 1. The van der Waals surface area contributed by atoms with E-state index >= 15 is 0 Å². The van der Waals surface area contributed by atoms with Crippen molar-refractivity contribution in [1.29, 1.82) is 0 Å². The zero-order chi connectivity index (χ0) is 14.5. The summed E-state index contributed by atoms with van der Waals surface area (Å²) in [6.07, 6.45) is 1.20. The van der Waals surface area contributed by atoms with Gasteiger partial charge in [0, 0.05) is 6.07 Å². The zero-order valence-corrected chi connectivity index (χ0v) is 11.3. The highest BCUT2D eigenvalue weighted by Crippen LogP contribution is 2.23. The smallest absolute Gasteiger partial charge is 0.373 e. The SMILES string of the molecule is COC(=O)c1ccc(CSc2ccc([N+](=O)[O-])cn2)o1. The maximum Gasteiger partial charge on any atom is 0.373 e. The monoisotopic (exact) mass is 294 g/mol. The van der Waals surface area contributed by atoms with Crippen LogP contribution in [0, 0.1) is 10.1 Å². The predicted molar refractivity (Wildman–Crippen MR) is 70.5 cm³/mol. The van der Waals surface area contributed by atoms with Crippen LogP contribution in [-0.2, 0) is 10.5 Å². The van der Waals surface area contributed by atoms with E-state index in [1.807, 2.05) is 0 Å². The van der Waals surface area contributed by atoms with Gasteiger partial charge in [-0.3, -0.25) is 10.1 Å². The number of thioether (sulfide) groups is 1. The molecule has 7 nitrogen and oxygen atoms in total. The molecule has 2 aromatic heterocycles. The fourth-order valence-electron chi connectivity index (χ4n) is 1.38. The number of hydrogen-bond donors (Lipinski definition) is 0. The Bertz CT molecular complexity index is 623. The van der Waals surface area contributed by atoms with Crippen LogP contribution in [0.15, 0.2) is 39.9 Å². The molecule has 0 bridgehead atoms. The topological polar surface area (TPSA) is 95.5 Å². The van der Waals surface area contributed by atoms with E-state index in [0.29, 0.717) is 16.5 Å². The molecule has 0 aliphatic rings. The molecule has 0 aliphatic heterocycles. The van der Waals surface area contributed by atoms with Gasteiger partial charge in [0.1, 0.15) is 12.0 Å². The molecule has 0 N–H and O–H groups in total. The van der Waals surface area contributed by atoms with Crippen LogP contribution in [0.25, 0.3) is 0 Å². The molecule has 0 atom stereocenters. The molecule has 8 heteroatoms. The number of ether oxygens (including phenoxy) is 1. The van der Waals surface area contributed by atoms with Crippen LogP contribution < -0.4 is 0 Å². The number of hydrogen-bond acceptors (Lipinski definition) is 7. The van der Waals surface area contributed by atoms with Crippen molar-refractivity contribution < 1.29 is 18.9 Å². The second-order valence-corrected chi connectivity index (χ2v) is 4.65. The molecule has 2 heterocycles. The quantitative estimate of drug-likeness (QED) is 0.362. The third-order valence-electron chi connectivity index (χ3n) is 2.34. The van der Waals surface area contributed by atoms with Gasteiger partial charge in [0.2, 0.25) is 5.76 Å². The Morgan fingerprint density at radius 3 is 2.85 bits per heavy atom. The lowest BCUT2D eigenvalue weighted by molar-refractivity contribution is -0.385. The first-order valence-electron chi connectivity index (χ1n) is 5.50. The first kappa shape index (κ1) is 14.1. The van der Waals surface area contributed by atoms with Crippen LogP contribution in [0.1, 0.15) is 16.3 Å². The summed E-state index contributed by atoms with van der Waals surface area (Å²) in [5, 5.41) is 11.1. The minimum absolute atomic E-state index is 0.0553. The van der Waals surface area contributed by atoms with Crippen LogP contribution in [0.4, 0.5) is 5.69 Å². The molecular formula is C12H10N2O5S. The number of rotatable bonds is 5. The van der Waals surface area contributed by atoms with Gasteiger partial charge in [-0.15, -0.1) is 0 Å². The van der Waals surface area contributed by atoms with Crippen molar-refractivity contribution in [2.45, 2.75) is 10.8 Å². The summed E-state index contributed by atoms with van der Waals surface area (Å²) in [5.41, 5.74) is -0.0553. The minimum atomic E-state index is -0.533. The van der Waals surface area contributed by atoms with Gasteiger partial charge in [-0.2, -0.15) is 0 Å². The zero-order valence-electron chi connectivity index (χ0n) is 10.4. The summed E-state index contributed by atoms with van der Waals surface area (Å²) in [6.45, 7) is 0. The molecule has 0 saturated carbocycles. The van der Waals surface area contributed by atoms with Gasteiger partial charge < -0.3 is 9.15 Å². The van der Waals surface area contributed by atoms with Gasteiger partial charge in [0.25, 0.3) is 5.69 Å². The maximum absolute atomic E-state index is 11.2. The van der Waals surface area contributed by atoms with E-state index in [4.69, 9.17) is 4.42 Å². The van der Waals surface area contributed by atoms with Crippen molar-refractivity contribution in [3.05, 3.63) is 52.1 Å². The second kappa shape index (κ2) is 6.20. The Kier molecular flexibility index (Phi) is 4.36. The van der Waals surface area contributed by atoms with Crippen LogP contribution in [0.3, 0.4) is 0 Å². The Morgan fingerprint density at radius 2 is 2.25 bits per heavy atom. The lowest BCUT2D eigenvalue weighted by Crippen LogP contribution is -1.98. The van der Waals surface area contributed by atoms with Crippen molar-refractivity contribution in [3.8, 4) is 0 Å². The summed E-state index contributed by atoms with van der Waals surface area (Å²) in [6, 6.07) is 6.15. The molecule has 0 saturated heterocycles. The second-order valence-electron chi connectivity index (χ2n) is 3.66. The van der Waals surface area contributed by atoms with E-state index in [-0.39, 0.29) is 11.4 Å². The average Bonchev–Trinajstić information content (AvgIpc) is 2.93. The summed E-state index contributed by atoms with van der Waals surface area (Å²) in [4.78, 5) is 25.1. The number of methoxy groups -OCH3 is 1. The summed E-state index contributed by atoms with van der Waals surface area (Å²) in [7, 11) is 1.28. The molecule has 20 heavy (non-hydrogen) atoms. The Morgan fingerprint density at radius 1 is 1.45 bits per heavy atom. The molecule has 0 fully saturated rings. The molecule has 0 amide bonds. The van der Waals surface area contributed by atoms with Crippen LogP contribution in [0.5, 0.6) is 0 Å². The van der Waals surface area contributed by atoms with Crippen molar-refractivity contribution >= 4 is 23.4 Å². The summed E-state index contributed by atoms with van der Waals surface area (Å²) >= 11 is 1.35. The minimum Gasteiger partial charge on any atom is -0.463 e. The van der Waals surface area contributed by atoms with Gasteiger partial charge in [0.15, 0.2) is 0 Å². The van der Waals surface area contributed by atoms with Crippen molar-refractivity contribution in [2.75, 3.05) is 7.11 Å². The van der Waals surface area contributed by atoms with E-state index in [1.54, 1.807) is 12.1 Å². The lowest BCUT2D eigenvalue weighted by Gasteiger charge is -1.98. The van der Waals surface area contributed by atoms with Crippen molar-refractivity contribution in [3.63, 3.8) is 0 Å². The molecule has 0 aromatic carbocycles. The van der Waals surface area contributed by atoms with E-state index < -0.39 is 10.9 Å². The van der Waals surface area contributed by atoms with Gasteiger partial charge in [-0.1, -0.05) is 11.8 Å². The first-order chi connectivity index (χ1) is 9.60. The van der Waals surface area contributed by atoms with Crippen molar-refractivity contribution in [1.82, 2.24) is 4.98 Å². The molecule has 0 unspecified atom stereocenters. The lowest BCUT2D eigenvalue weighted by atomic mass is 10.4. The molecule has 0 radical (unpaired) electrons. The van der Waals surface area contributed by atoms with E-state index in [1.165, 1.54) is 37.2 Å². The number of carbonyl (C=O) groups is 1. The summed E-state index contributed by atoms with van der Waals surface area (Å²) < 4.78 is 9.82. The number of esters is 1. The van der Waals surface area contributed by atoms with Crippen LogP contribution in [-0.4, -0.2) is 23.0 Å². The highest BCUT2D eigenvalue weighted by atomic mass is 32.2. The van der Waals surface area contributed by atoms with Gasteiger partial charge >= 0.3 is 5.97 Å². The highest BCUT2D eigenvalue weighted by molar-refractivity contribution is 7.98. The number of nitrogens with zero attached hydrogens (tertiary/aromatic N) is 2. The largest absolute Gasteiger partial charge is 0.463 e. The molecular weight excluding hydrogens is 284 g/mol. The van der Waals surface area contributed by atoms with Gasteiger partial charge in [-0.05, 0) is 18.2 Å². The molecule has 0 aliphatic carbocycles. The average molecular weight is 294 g/mol. The van der Waals surface area contributed by atoms with E-state index in [2.05, 4.69) is 9.72 Å². The summed E-state index contributed by atoms with van der Waals surface area (Å²) in [5.74, 6) is 0.659. The fraction of sp³-hybridized carbons (Fsp3) is 0.167. The molecule has 104 valence electrons. The van der Waals surface area contributed by atoms with Crippen LogP contribution in [0.2, 0.25) is 0 Å². The van der Waals surface area contributed by atoms with Crippen molar-refractivity contribution in [2.24, 2.45) is 0 Å². The van der Waals surface area contributed by atoms with E-state index in [9.17, 15) is 14.9 Å². The third-order valence-corrected chi connectivity index (χ3v) is 3.31. The predicted octanol–water partition coefficient (Wildman–Crippen LogP) is 2.66. The number of furan rings is 1. The van der Waals surface area contributed by atoms with Gasteiger partial charge in [0.05, 0.1) is 22.8 Å². The third kappa shape index (κ3) is 3.35. The molecule has 2 aromatic rings. The number of carbonyl (C=O) groups excluding carboxylic acids is 1. The van der Waals surface area contributed by atoms with E-state index in [0.717, 1.165) is 0 Å². The Balaban J connectivity index is 1.96. The molecule has 2 rings (SSSR count). The van der Waals surface area contributed by atoms with Crippen LogP contribution >= 0.6 is 11.8 Å². The fourth-order valence-corrected chi connectivity index (χ4v) is 2.11.